The van der Waals surface area contributed by atoms with Crippen LogP contribution >= 0.6 is 22.7 Å². The van der Waals surface area contributed by atoms with E-state index in [0.717, 1.165) is 49.0 Å². The average Bonchev–Trinajstić information content (AvgIpc) is 3.97. The van der Waals surface area contributed by atoms with Gasteiger partial charge in [-0.3, -0.25) is 0 Å². The number of benzene rings is 4. The molecule has 0 spiro atoms. The number of carbonyl (C=O) groups excluding carboxylic acids is 4. The Balaban J connectivity index is 0.000000258. The van der Waals surface area contributed by atoms with Gasteiger partial charge in [0.2, 0.25) is 0 Å². The predicted octanol–water partition coefficient (Wildman–Crippen LogP) is 10.2. The molecule has 0 unspecified atom stereocenters. The van der Waals surface area contributed by atoms with E-state index in [4.69, 9.17) is 28.8 Å². The van der Waals surface area contributed by atoms with Crippen molar-refractivity contribution in [3.8, 4) is 32.4 Å². The molecule has 19 heteroatoms. The van der Waals surface area contributed by atoms with Crippen molar-refractivity contribution in [3.05, 3.63) is 142 Å². The number of aromatic hydroxyl groups is 1. The Morgan fingerprint density at radius 2 is 1.03 bits per heavy atom. The van der Waals surface area contributed by atoms with Crippen molar-refractivity contribution in [2.24, 2.45) is 0 Å². The molecule has 4 aromatic carbocycles. The predicted molar refractivity (Wildman–Crippen MR) is 274 cm³/mol. The van der Waals surface area contributed by atoms with E-state index in [2.05, 4.69) is 31.2 Å². The van der Waals surface area contributed by atoms with E-state index >= 15 is 0 Å². The van der Waals surface area contributed by atoms with E-state index in [1.54, 1.807) is 55.3 Å². The molecule has 6 rings (SSSR count). The van der Waals surface area contributed by atoms with Gasteiger partial charge in [0.25, 0.3) is 0 Å². The summed E-state index contributed by atoms with van der Waals surface area (Å²) < 4.78 is 26.5. The Morgan fingerprint density at radius 3 is 1.46 bits per heavy atom. The molecule has 4 amide bonds. The second-order valence-corrected chi connectivity index (χ2v) is 19.2. The zero-order valence-corrected chi connectivity index (χ0v) is 43.0. The van der Waals surface area contributed by atoms with Gasteiger partial charge in [-0.15, -0.1) is 22.7 Å². The monoisotopic (exact) mass is 1010 g/mol. The highest BCUT2D eigenvalue weighted by atomic mass is 32.1. The molecule has 17 nitrogen and oxygen atoms in total. The number of aryl methyl sites for hydroxylation is 2. The Kier molecular flexibility index (Phi) is 22.6. The zero-order valence-electron chi connectivity index (χ0n) is 41.3. The number of aromatic nitrogens is 2. The lowest BCUT2D eigenvalue weighted by Crippen LogP contribution is -2.32. The van der Waals surface area contributed by atoms with Crippen LogP contribution < -0.4 is 26.0 Å². The van der Waals surface area contributed by atoms with Gasteiger partial charge in [-0.05, 0) is 89.8 Å². The van der Waals surface area contributed by atoms with Gasteiger partial charge in [-0.25, -0.2) is 29.1 Å². The highest BCUT2D eigenvalue weighted by Gasteiger charge is 2.19. The molecule has 0 saturated carbocycles. The summed E-state index contributed by atoms with van der Waals surface area (Å²) in [4.78, 5) is 57.2. The number of amides is 4. The second kappa shape index (κ2) is 28.4. The molecular formula is C52H64N6O11S2. The summed E-state index contributed by atoms with van der Waals surface area (Å²) in [5, 5.41) is 29.0. The minimum atomic E-state index is -0.586. The van der Waals surface area contributed by atoms with Crippen LogP contribution in [0.2, 0.25) is 0 Å². The molecule has 0 fully saturated rings. The molecule has 0 aliphatic carbocycles. The second-order valence-electron chi connectivity index (χ2n) is 17.5. The molecule has 0 aliphatic rings. The Labute approximate surface area is 422 Å². The lowest BCUT2D eigenvalue weighted by atomic mass is 10.1. The molecular weight excluding hydrogens is 949 g/mol. The number of carbonyl (C=O) groups is 4. The SMILES string of the molecule is Cc1ncsc1-c1ccc(CNC(=O)OC(C)(C)C)c(O)c1.Cc1ncsc1-c1ccc(CNC(=O)OC(C)(C)C)c(OCCNC(=O)OCc2ccccc2)c1.O=C(NCCO)OCc1ccccc1. The smallest absolute Gasteiger partial charge is 0.407 e. The minimum absolute atomic E-state index is 0.0829. The highest BCUT2D eigenvalue weighted by Crippen LogP contribution is 2.33. The van der Waals surface area contributed by atoms with Crippen molar-refractivity contribution in [1.82, 2.24) is 31.2 Å². The molecule has 0 saturated heterocycles. The summed E-state index contributed by atoms with van der Waals surface area (Å²) in [5.74, 6) is 0.743. The van der Waals surface area contributed by atoms with Crippen LogP contribution in [-0.4, -0.2) is 82.1 Å². The van der Waals surface area contributed by atoms with Crippen molar-refractivity contribution in [1.29, 1.82) is 0 Å². The molecule has 0 aliphatic heterocycles. The molecule has 0 atom stereocenters. The van der Waals surface area contributed by atoms with Gasteiger partial charge in [0.05, 0.1) is 45.3 Å². The topological polar surface area (TPSA) is 229 Å². The third kappa shape index (κ3) is 21.5. The van der Waals surface area contributed by atoms with E-state index in [0.29, 0.717) is 11.3 Å². The lowest BCUT2D eigenvalue weighted by Gasteiger charge is -2.20. The van der Waals surface area contributed by atoms with Crippen LogP contribution in [0.25, 0.3) is 20.9 Å². The zero-order chi connectivity index (χ0) is 51.8. The Morgan fingerprint density at radius 1 is 0.577 bits per heavy atom. The number of ether oxygens (including phenoxy) is 5. The fraction of sp³-hybridized carbons (Fsp3) is 0.346. The van der Waals surface area contributed by atoms with Crippen LogP contribution in [0.15, 0.2) is 108 Å². The van der Waals surface area contributed by atoms with E-state index in [1.165, 1.54) is 11.3 Å². The summed E-state index contributed by atoms with van der Waals surface area (Å²) in [6.07, 6.45) is -2.04. The number of thiazole rings is 2. The van der Waals surface area contributed by atoms with E-state index in [1.807, 2.05) is 120 Å². The van der Waals surface area contributed by atoms with Crippen LogP contribution in [0.1, 0.15) is 75.2 Å². The van der Waals surface area contributed by atoms with Gasteiger partial charge >= 0.3 is 24.4 Å². The number of alkyl carbamates (subject to hydrolysis) is 4. The highest BCUT2D eigenvalue weighted by molar-refractivity contribution is 7.13. The molecule has 2 heterocycles. The first-order chi connectivity index (χ1) is 33.8. The van der Waals surface area contributed by atoms with Gasteiger partial charge in [0.15, 0.2) is 0 Å². The number of aliphatic hydroxyl groups is 1. The van der Waals surface area contributed by atoms with Crippen molar-refractivity contribution < 1.29 is 53.1 Å². The molecule has 2 aromatic heterocycles. The summed E-state index contributed by atoms with van der Waals surface area (Å²) in [6.45, 7) is 16.2. The molecule has 0 radical (unpaired) electrons. The summed E-state index contributed by atoms with van der Waals surface area (Å²) in [5.41, 5.74) is 9.47. The van der Waals surface area contributed by atoms with Crippen LogP contribution in [-0.2, 0) is 45.3 Å². The fourth-order valence-corrected chi connectivity index (χ4v) is 7.58. The summed E-state index contributed by atoms with van der Waals surface area (Å²) in [6, 6.07) is 30.1. The third-order valence-electron chi connectivity index (χ3n) is 9.25. The van der Waals surface area contributed by atoms with E-state index < -0.39 is 35.6 Å². The minimum Gasteiger partial charge on any atom is -0.508 e. The number of rotatable bonds is 16. The van der Waals surface area contributed by atoms with Crippen molar-refractivity contribution in [2.75, 3.05) is 26.3 Å². The first kappa shape index (κ1) is 56.4. The van der Waals surface area contributed by atoms with Gasteiger partial charge in [-0.2, -0.15) is 0 Å². The largest absolute Gasteiger partial charge is 0.508 e. The Hall–Kier alpha value is -7.22. The lowest BCUT2D eigenvalue weighted by molar-refractivity contribution is 0.0511. The first-order valence-corrected chi connectivity index (χ1v) is 24.4. The maximum Gasteiger partial charge on any atom is 0.407 e. The number of nitrogens with zero attached hydrogens (tertiary/aromatic N) is 2. The number of phenols is 1. The summed E-state index contributed by atoms with van der Waals surface area (Å²) >= 11 is 3.08. The van der Waals surface area contributed by atoms with Crippen molar-refractivity contribution >= 4 is 47.0 Å². The van der Waals surface area contributed by atoms with Crippen LogP contribution in [0, 0.1) is 13.8 Å². The normalized spacial score (nSPS) is 10.8. The first-order valence-electron chi connectivity index (χ1n) is 22.6. The van der Waals surface area contributed by atoms with Gasteiger partial charge in [0.1, 0.15) is 42.5 Å². The van der Waals surface area contributed by atoms with Crippen molar-refractivity contribution in [3.63, 3.8) is 0 Å². The Bertz CT molecular complexity index is 2590. The maximum absolute atomic E-state index is 12.1. The third-order valence-corrected chi connectivity index (χ3v) is 11.2. The standard InChI is InChI=1S/C26H31N3O5S.C16H20N2O3S.C10H13NO3/c1-18-23(35-17-29-18)20-10-11-21(15-28-25(31)34-26(2,3)4)22(14-20)32-13-12-27-24(30)33-16-19-8-6-5-7-9-19;1-10-14(22-9-18-10)11-5-6-12(13(19)7-11)8-17-15(20)21-16(2,3)4;12-7-6-11-10(13)14-8-9-4-2-1-3-5-9/h5-11,14,17H,12-13,15-16H2,1-4H3,(H,27,30)(H,28,31);5-7,9,19H,8H2,1-4H3,(H,17,20);1-5,12H,6-8H2,(H,11,13). The van der Waals surface area contributed by atoms with E-state index in [9.17, 15) is 24.3 Å². The molecule has 6 aromatic rings. The maximum atomic E-state index is 12.1. The molecule has 0 bridgehead atoms. The van der Waals surface area contributed by atoms with Crippen LogP contribution in [0.5, 0.6) is 11.5 Å². The average molecular weight is 1010 g/mol. The van der Waals surface area contributed by atoms with Gasteiger partial charge < -0.3 is 55.2 Å². The fourth-order valence-electron chi connectivity index (χ4n) is 5.97. The van der Waals surface area contributed by atoms with Gasteiger partial charge in [0, 0.05) is 30.8 Å². The van der Waals surface area contributed by atoms with Crippen LogP contribution in [0.3, 0.4) is 0 Å². The molecule has 380 valence electrons. The number of hydrogen-bond donors (Lipinski definition) is 6. The van der Waals surface area contributed by atoms with E-state index in [-0.39, 0.29) is 58.4 Å². The number of aliphatic hydroxyl groups excluding tert-OH is 1. The number of nitrogens with one attached hydrogen (secondary N) is 4. The quantitative estimate of drug-likeness (QED) is 0.0392. The number of phenolic OH excluding ortho intramolecular Hbond substituents is 1. The van der Waals surface area contributed by atoms with Gasteiger partial charge in [-0.1, -0.05) is 84.9 Å². The molecule has 71 heavy (non-hydrogen) atoms. The summed E-state index contributed by atoms with van der Waals surface area (Å²) in [7, 11) is 0. The van der Waals surface area contributed by atoms with Crippen LogP contribution in [0.4, 0.5) is 19.2 Å². The molecule has 6 N–H and O–H groups in total. The van der Waals surface area contributed by atoms with Crippen molar-refractivity contribution in [2.45, 2.75) is 92.9 Å². The number of hydrogen-bond acceptors (Lipinski definition) is 15.